The van der Waals surface area contributed by atoms with Crippen LogP contribution >= 0.6 is 11.3 Å². The Morgan fingerprint density at radius 1 is 1.27 bits per heavy atom. The highest BCUT2D eigenvalue weighted by molar-refractivity contribution is 7.15. The average molecular weight is 461 g/mol. The fourth-order valence-electron chi connectivity index (χ4n) is 4.33. The molecule has 9 heteroatoms. The Morgan fingerprint density at radius 2 is 2.09 bits per heavy atom. The van der Waals surface area contributed by atoms with Crippen molar-refractivity contribution in [1.82, 2.24) is 24.3 Å². The van der Waals surface area contributed by atoms with Crippen LogP contribution in [0.1, 0.15) is 46.1 Å². The maximum absolute atomic E-state index is 13.7. The van der Waals surface area contributed by atoms with Crippen molar-refractivity contribution in [3.63, 3.8) is 0 Å². The number of likely N-dealkylation sites (tertiary alicyclic amines) is 1. The van der Waals surface area contributed by atoms with E-state index in [0.717, 1.165) is 40.4 Å². The minimum atomic E-state index is -0.312. The third-order valence-electron chi connectivity index (χ3n) is 5.89. The number of thiazole rings is 1. The normalized spacial score (nSPS) is 16.2. The van der Waals surface area contributed by atoms with Gasteiger partial charge in [0.2, 0.25) is 0 Å². The number of benzene rings is 1. The van der Waals surface area contributed by atoms with Crippen molar-refractivity contribution in [3.8, 4) is 16.5 Å². The molecule has 1 aliphatic heterocycles. The standard InChI is InChI=1S/C24H21FN6OS/c1-15-28-22(23(33-15)16-5-7-17(25)8-6-16)24(32)31-9-3-2-4-20(31)10-19-13-30-14-27-18(12-26)11-21(30)29-19/h5-8,11,13-14,20H,2-4,9-10H2,1H3/t20-/m0/s1. The summed E-state index contributed by atoms with van der Waals surface area (Å²) in [6.07, 6.45) is 6.97. The monoisotopic (exact) mass is 460 g/mol. The Bertz CT molecular complexity index is 1370. The lowest BCUT2D eigenvalue weighted by Gasteiger charge is -2.35. The molecule has 0 N–H and O–H groups in total. The van der Waals surface area contributed by atoms with Crippen LogP contribution in [0.4, 0.5) is 4.39 Å². The van der Waals surface area contributed by atoms with Gasteiger partial charge in [-0.3, -0.25) is 9.20 Å². The van der Waals surface area contributed by atoms with E-state index in [1.165, 1.54) is 23.5 Å². The number of hydrogen-bond donors (Lipinski definition) is 0. The molecule has 5 rings (SSSR count). The number of aromatic nitrogens is 4. The van der Waals surface area contributed by atoms with E-state index < -0.39 is 0 Å². The van der Waals surface area contributed by atoms with Crippen LogP contribution in [0.2, 0.25) is 0 Å². The van der Waals surface area contributed by atoms with Crippen molar-refractivity contribution in [1.29, 1.82) is 5.26 Å². The Morgan fingerprint density at radius 3 is 2.88 bits per heavy atom. The van der Waals surface area contributed by atoms with Crippen molar-refractivity contribution in [2.24, 2.45) is 0 Å². The van der Waals surface area contributed by atoms with Gasteiger partial charge in [-0.05, 0) is 43.9 Å². The summed E-state index contributed by atoms with van der Waals surface area (Å²) in [6, 6.07) is 9.86. The molecule has 0 spiro atoms. The number of rotatable bonds is 4. The number of carbonyl (C=O) groups excluding carboxylic acids is 1. The predicted octanol–water partition coefficient (Wildman–Crippen LogP) is 4.41. The van der Waals surface area contributed by atoms with Crippen LogP contribution in [0.15, 0.2) is 42.9 Å². The SMILES string of the molecule is Cc1nc(C(=O)N2CCCC[C@H]2Cc2cn3cnc(C#N)cc3n2)c(-c2ccc(F)cc2)s1. The van der Waals surface area contributed by atoms with Crippen molar-refractivity contribution in [2.45, 2.75) is 38.6 Å². The van der Waals surface area contributed by atoms with Gasteiger partial charge < -0.3 is 4.90 Å². The largest absolute Gasteiger partial charge is 0.334 e. The first-order chi connectivity index (χ1) is 16.0. The van der Waals surface area contributed by atoms with Gasteiger partial charge in [0.05, 0.1) is 15.6 Å². The van der Waals surface area contributed by atoms with Crippen LogP contribution in [0, 0.1) is 24.1 Å². The van der Waals surface area contributed by atoms with Crippen LogP contribution in [0.25, 0.3) is 16.1 Å². The molecule has 0 saturated carbocycles. The summed E-state index contributed by atoms with van der Waals surface area (Å²) < 4.78 is 15.2. The summed E-state index contributed by atoms with van der Waals surface area (Å²) in [7, 11) is 0. The number of imidazole rings is 1. The summed E-state index contributed by atoms with van der Waals surface area (Å²) in [6.45, 7) is 2.54. The van der Waals surface area contributed by atoms with Crippen LogP contribution < -0.4 is 0 Å². The first-order valence-corrected chi connectivity index (χ1v) is 11.6. The molecule has 0 bridgehead atoms. The lowest BCUT2D eigenvalue weighted by Crippen LogP contribution is -2.45. The van der Waals surface area contributed by atoms with E-state index in [-0.39, 0.29) is 17.8 Å². The minimum absolute atomic E-state index is 0.00244. The Labute approximate surface area is 194 Å². The Kier molecular flexibility index (Phi) is 5.60. The maximum Gasteiger partial charge on any atom is 0.274 e. The zero-order valence-corrected chi connectivity index (χ0v) is 18.8. The highest BCUT2D eigenvalue weighted by Crippen LogP contribution is 2.33. The van der Waals surface area contributed by atoms with E-state index in [0.29, 0.717) is 30.0 Å². The lowest BCUT2D eigenvalue weighted by molar-refractivity contribution is 0.0608. The number of piperidine rings is 1. The zero-order valence-electron chi connectivity index (χ0n) is 18.0. The number of fused-ring (bicyclic) bond motifs is 1. The number of halogens is 1. The van der Waals surface area contributed by atoms with Crippen molar-refractivity contribution in [2.75, 3.05) is 6.54 Å². The van der Waals surface area contributed by atoms with Gasteiger partial charge in [0.1, 0.15) is 35.2 Å². The van der Waals surface area contributed by atoms with Gasteiger partial charge in [-0.2, -0.15) is 5.26 Å². The summed E-state index contributed by atoms with van der Waals surface area (Å²) in [5.74, 6) is -0.408. The molecule has 33 heavy (non-hydrogen) atoms. The number of aryl methyl sites for hydroxylation is 1. The van der Waals surface area contributed by atoms with E-state index in [9.17, 15) is 9.18 Å². The van der Waals surface area contributed by atoms with Crippen molar-refractivity contribution < 1.29 is 9.18 Å². The number of hydrogen-bond acceptors (Lipinski definition) is 6. The smallest absolute Gasteiger partial charge is 0.274 e. The molecule has 7 nitrogen and oxygen atoms in total. The van der Waals surface area contributed by atoms with E-state index in [4.69, 9.17) is 5.26 Å². The summed E-state index contributed by atoms with van der Waals surface area (Å²) >= 11 is 1.45. The molecule has 1 fully saturated rings. The number of nitrogens with zero attached hydrogens (tertiary/aromatic N) is 6. The van der Waals surface area contributed by atoms with Crippen LogP contribution in [-0.4, -0.2) is 42.7 Å². The summed E-state index contributed by atoms with van der Waals surface area (Å²) in [5.41, 5.74) is 3.05. The van der Waals surface area contributed by atoms with Gasteiger partial charge in [-0.25, -0.2) is 19.3 Å². The zero-order chi connectivity index (χ0) is 22.9. The number of amides is 1. The third kappa shape index (κ3) is 4.22. The average Bonchev–Trinajstić information content (AvgIpc) is 3.41. The van der Waals surface area contributed by atoms with Crippen LogP contribution in [0.5, 0.6) is 0 Å². The molecule has 4 heterocycles. The van der Waals surface area contributed by atoms with Crippen molar-refractivity contribution >= 4 is 22.9 Å². The second kappa shape index (κ2) is 8.71. The van der Waals surface area contributed by atoms with E-state index in [2.05, 4.69) is 15.0 Å². The molecule has 1 amide bonds. The fourth-order valence-corrected chi connectivity index (χ4v) is 5.25. The molecule has 3 aromatic heterocycles. The molecule has 0 radical (unpaired) electrons. The second-order valence-corrected chi connectivity index (χ2v) is 9.36. The van der Waals surface area contributed by atoms with E-state index in [1.807, 2.05) is 24.1 Å². The highest BCUT2D eigenvalue weighted by atomic mass is 32.1. The maximum atomic E-state index is 13.7. The number of nitriles is 1. The fraction of sp³-hybridized carbons (Fsp3) is 0.292. The molecule has 1 atom stereocenters. The third-order valence-corrected chi connectivity index (χ3v) is 6.91. The highest BCUT2D eigenvalue weighted by Gasteiger charge is 2.31. The Hall–Kier alpha value is -3.64. The molecule has 1 aromatic carbocycles. The quantitative estimate of drug-likeness (QED) is 0.450. The molecule has 4 aromatic rings. The van der Waals surface area contributed by atoms with Gasteiger partial charge in [-0.1, -0.05) is 12.1 Å². The Balaban J connectivity index is 1.43. The molecule has 0 aliphatic carbocycles. The van der Waals surface area contributed by atoms with Crippen LogP contribution in [-0.2, 0) is 6.42 Å². The van der Waals surface area contributed by atoms with E-state index >= 15 is 0 Å². The molecule has 1 aliphatic rings. The van der Waals surface area contributed by atoms with Crippen molar-refractivity contribution in [3.05, 3.63) is 70.8 Å². The van der Waals surface area contributed by atoms with Gasteiger partial charge in [-0.15, -0.1) is 11.3 Å². The molecular weight excluding hydrogens is 439 g/mol. The van der Waals surface area contributed by atoms with E-state index in [1.54, 1.807) is 28.9 Å². The summed E-state index contributed by atoms with van der Waals surface area (Å²) in [4.78, 5) is 29.6. The molecule has 166 valence electrons. The number of carbonyl (C=O) groups is 1. The predicted molar refractivity (Wildman–Crippen MR) is 122 cm³/mol. The van der Waals surface area contributed by atoms with Gasteiger partial charge in [0.25, 0.3) is 5.91 Å². The first-order valence-electron chi connectivity index (χ1n) is 10.8. The summed E-state index contributed by atoms with van der Waals surface area (Å²) in [5, 5.41) is 9.87. The van der Waals surface area contributed by atoms with Gasteiger partial charge in [0, 0.05) is 31.3 Å². The second-order valence-electron chi connectivity index (χ2n) is 8.15. The lowest BCUT2D eigenvalue weighted by atomic mass is 9.97. The van der Waals surface area contributed by atoms with Crippen LogP contribution in [0.3, 0.4) is 0 Å². The molecule has 0 unspecified atom stereocenters. The molecular formula is C24H21FN6OS. The minimum Gasteiger partial charge on any atom is -0.334 e. The topological polar surface area (TPSA) is 87.2 Å². The van der Waals surface area contributed by atoms with Gasteiger partial charge >= 0.3 is 0 Å². The first kappa shape index (κ1) is 21.2. The van der Waals surface area contributed by atoms with Gasteiger partial charge in [0.15, 0.2) is 0 Å². The molecule has 1 saturated heterocycles.